The molecule has 0 fully saturated rings. The van der Waals surface area contributed by atoms with Crippen LogP contribution in [-0.4, -0.2) is 49.3 Å². The van der Waals surface area contributed by atoms with Crippen LogP contribution in [0.5, 0.6) is 0 Å². The number of carbonyl (C=O) groups is 2. The molecule has 10 heteroatoms. The summed E-state index contributed by atoms with van der Waals surface area (Å²) in [6.07, 6.45) is 67.8. The van der Waals surface area contributed by atoms with Crippen molar-refractivity contribution in [1.82, 2.24) is 0 Å². The van der Waals surface area contributed by atoms with Crippen molar-refractivity contribution in [2.45, 2.75) is 309 Å². The van der Waals surface area contributed by atoms with Crippen molar-refractivity contribution in [3.8, 4) is 0 Å². The normalized spacial score (nSPS) is 13.3. The minimum Gasteiger partial charge on any atom is -0.462 e. The zero-order valence-electron chi connectivity index (χ0n) is 46.0. The molecular formula is C60H114NO8P. The molecule has 0 aromatic heterocycles. The Balaban J connectivity index is 3.94. The van der Waals surface area contributed by atoms with Crippen LogP contribution in [0, 0.1) is 0 Å². The van der Waals surface area contributed by atoms with Crippen molar-refractivity contribution in [3.05, 3.63) is 36.5 Å². The Hall–Kier alpha value is -1.77. The summed E-state index contributed by atoms with van der Waals surface area (Å²) < 4.78 is 33.1. The van der Waals surface area contributed by atoms with Gasteiger partial charge in [0.2, 0.25) is 0 Å². The number of phosphoric acid groups is 1. The molecule has 412 valence electrons. The van der Waals surface area contributed by atoms with Crippen LogP contribution in [0.15, 0.2) is 36.5 Å². The summed E-state index contributed by atoms with van der Waals surface area (Å²) in [6, 6.07) is 0. The van der Waals surface area contributed by atoms with Crippen molar-refractivity contribution in [1.29, 1.82) is 0 Å². The largest absolute Gasteiger partial charge is 0.472 e. The maximum atomic E-state index is 12.7. The molecule has 0 aliphatic carbocycles. The molecule has 0 amide bonds. The molecule has 0 aliphatic heterocycles. The van der Waals surface area contributed by atoms with E-state index >= 15 is 0 Å². The Morgan fingerprint density at radius 2 is 0.743 bits per heavy atom. The van der Waals surface area contributed by atoms with E-state index in [4.69, 9.17) is 24.3 Å². The van der Waals surface area contributed by atoms with Crippen LogP contribution in [-0.2, 0) is 32.7 Å². The van der Waals surface area contributed by atoms with Crippen molar-refractivity contribution in [2.24, 2.45) is 5.73 Å². The number of rotatable bonds is 57. The van der Waals surface area contributed by atoms with E-state index in [2.05, 4.69) is 50.3 Å². The first kappa shape index (κ1) is 68.2. The average Bonchev–Trinajstić information content (AvgIpc) is 3.35. The Labute approximate surface area is 433 Å². The monoisotopic (exact) mass is 1010 g/mol. The SMILES string of the molecule is CCCCCCC/C=C\C/C=C\C/C=C\CCCCCCCCCCC(=O)OC(COC(=O)CCCCCCCCCCCCCCCCCCCCCCCCCCCC)COP(=O)(O)OCCN. The van der Waals surface area contributed by atoms with Gasteiger partial charge in [0.15, 0.2) is 6.10 Å². The maximum absolute atomic E-state index is 12.7. The van der Waals surface area contributed by atoms with E-state index < -0.39 is 26.5 Å². The fourth-order valence-corrected chi connectivity index (χ4v) is 9.59. The summed E-state index contributed by atoms with van der Waals surface area (Å²) in [4.78, 5) is 35.2. The van der Waals surface area contributed by atoms with Gasteiger partial charge in [-0.05, 0) is 51.4 Å². The highest BCUT2D eigenvalue weighted by Crippen LogP contribution is 2.43. The average molecular weight is 1010 g/mol. The quantitative estimate of drug-likeness (QED) is 0.0264. The van der Waals surface area contributed by atoms with E-state index in [1.807, 2.05) is 0 Å². The Kier molecular flexibility index (Phi) is 55.1. The lowest BCUT2D eigenvalue weighted by Crippen LogP contribution is -2.29. The van der Waals surface area contributed by atoms with E-state index in [1.165, 1.54) is 212 Å². The minimum atomic E-state index is -4.39. The Bertz CT molecular complexity index is 1240. The highest BCUT2D eigenvalue weighted by atomic mass is 31.2. The molecule has 2 unspecified atom stereocenters. The number of carbonyl (C=O) groups excluding carboxylic acids is 2. The smallest absolute Gasteiger partial charge is 0.462 e. The first-order chi connectivity index (χ1) is 34.3. The van der Waals surface area contributed by atoms with Gasteiger partial charge in [0, 0.05) is 19.4 Å². The van der Waals surface area contributed by atoms with Crippen molar-refractivity contribution in [2.75, 3.05) is 26.4 Å². The molecule has 0 saturated carbocycles. The third-order valence-corrected chi connectivity index (χ3v) is 14.3. The summed E-state index contributed by atoms with van der Waals surface area (Å²) in [5, 5.41) is 0. The van der Waals surface area contributed by atoms with Gasteiger partial charge in [-0.25, -0.2) is 4.57 Å². The van der Waals surface area contributed by atoms with Gasteiger partial charge in [0.25, 0.3) is 0 Å². The lowest BCUT2D eigenvalue weighted by atomic mass is 10.0. The molecule has 0 aliphatic rings. The zero-order valence-corrected chi connectivity index (χ0v) is 46.9. The molecule has 70 heavy (non-hydrogen) atoms. The maximum Gasteiger partial charge on any atom is 0.472 e. The van der Waals surface area contributed by atoms with Gasteiger partial charge in [0.05, 0.1) is 13.2 Å². The highest BCUT2D eigenvalue weighted by molar-refractivity contribution is 7.47. The molecule has 0 heterocycles. The van der Waals surface area contributed by atoms with Gasteiger partial charge in [-0.2, -0.15) is 0 Å². The second-order valence-electron chi connectivity index (χ2n) is 20.2. The second kappa shape index (κ2) is 56.5. The fourth-order valence-electron chi connectivity index (χ4n) is 8.82. The van der Waals surface area contributed by atoms with Gasteiger partial charge in [-0.3, -0.25) is 18.6 Å². The summed E-state index contributed by atoms with van der Waals surface area (Å²) in [6.45, 7) is 3.78. The first-order valence-electron chi connectivity index (χ1n) is 30.0. The molecule has 0 aromatic carbocycles. The Morgan fingerprint density at radius 1 is 0.429 bits per heavy atom. The van der Waals surface area contributed by atoms with E-state index in [0.717, 1.165) is 57.8 Å². The first-order valence-corrected chi connectivity index (χ1v) is 31.5. The number of hydrogen-bond donors (Lipinski definition) is 2. The summed E-state index contributed by atoms with van der Waals surface area (Å²) in [7, 11) is -4.39. The third-order valence-electron chi connectivity index (χ3n) is 13.3. The number of esters is 2. The second-order valence-corrected chi connectivity index (χ2v) is 21.7. The zero-order chi connectivity index (χ0) is 51.0. The van der Waals surface area contributed by atoms with Gasteiger partial charge in [-0.1, -0.05) is 275 Å². The summed E-state index contributed by atoms with van der Waals surface area (Å²) in [5.41, 5.74) is 5.38. The topological polar surface area (TPSA) is 134 Å². The van der Waals surface area contributed by atoms with Crippen molar-refractivity contribution < 1.29 is 37.6 Å². The predicted molar refractivity (Wildman–Crippen MR) is 298 cm³/mol. The standard InChI is InChI=1S/C60H114NO8P/c1-3-5-7-9-11-13-15-17-19-21-23-25-27-28-29-31-32-34-36-38-40-42-44-46-48-50-52-59(62)66-56-58(57-68-70(64,65)67-55-54-61)69-60(63)53-51-49-47-45-43-41-39-37-35-33-30-26-24-22-20-18-16-14-12-10-8-6-4-2/h16,18,22,24,30,33,58H,3-15,17,19-21,23,25-29,31-32,34-57,61H2,1-2H3,(H,64,65)/b18-16-,24-22-,33-30-. The molecule has 0 bridgehead atoms. The van der Waals surface area contributed by atoms with Gasteiger partial charge in [-0.15, -0.1) is 0 Å². The number of phosphoric ester groups is 1. The van der Waals surface area contributed by atoms with Crippen LogP contribution in [0.1, 0.15) is 303 Å². The number of hydrogen-bond acceptors (Lipinski definition) is 8. The molecule has 0 saturated heterocycles. The molecule has 0 rings (SSSR count). The van der Waals surface area contributed by atoms with E-state index in [9.17, 15) is 19.0 Å². The molecule has 0 radical (unpaired) electrons. The van der Waals surface area contributed by atoms with Crippen LogP contribution in [0.3, 0.4) is 0 Å². The summed E-state index contributed by atoms with van der Waals surface area (Å²) >= 11 is 0. The number of unbranched alkanes of at least 4 members (excludes halogenated alkanes) is 38. The van der Waals surface area contributed by atoms with E-state index in [-0.39, 0.29) is 38.6 Å². The van der Waals surface area contributed by atoms with Crippen LogP contribution >= 0.6 is 7.82 Å². The van der Waals surface area contributed by atoms with Gasteiger partial charge in [0.1, 0.15) is 6.61 Å². The van der Waals surface area contributed by atoms with Crippen LogP contribution in [0.2, 0.25) is 0 Å². The number of nitrogens with two attached hydrogens (primary N) is 1. The van der Waals surface area contributed by atoms with Crippen LogP contribution in [0.4, 0.5) is 0 Å². The van der Waals surface area contributed by atoms with Crippen LogP contribution < -0.4 is 5.73 Å². The molecule has 0 aromatic rings. The van der Waals surface area contributed by atoms with Gasteiger partial charge < -0.3 is 20.1 Å². The van der Waals surface area contributed by atoms with E-state index in [1.54, 1.807) is 0 Å². The molecular weight excluding hydrogens is 894 g/mol. The van der Waals surface area contributed by atoms with Crippen molar-refractivity contribution >= 4 is 19.8 Å². The van der Waals surface area contributed by atoms with Crippen LogP contribution in [0.25, 0.3) is 0 Å². The number of allylic oxidation sites excluding steroid dienone is 6. The lowest BCUT2D eigenvalue weighted by molar-refractivity contribution is -0.161. The number of ether oxygens (including phenoxy) is 2. The van der Waals surface area contributed by atoms with E-state index in [0.29, 0.717) is 6.42 Å². The minimum absolute atomic E-state index is 0.0531. The fraction of sp³-hybridized carbons (Fsp3) is 0.867. The highest BCUT2D eigenvalue weighted by Gasteiger charge is 2.26. The predicted octanol–water partition coefficient (Wildman–Crippen LogP) is 18.8. The molecule has 9 nitrogen and oxygen atoms in total. The van der Waals surface area contributed by atoms with Crippen molar-refractivity contribution in [3.63, 3.8) is 0 Å². The Morgan fingerprint density at radius 3 is 1.10 bits per heavy atom. The summed E-state index contributed by atoms with van der Waals surface area (Å²) in [5.74, 6) is -0.821. The van der Waals surface area contributed by atoms with Gasteiger partial charge >= 0.3 is 19.8 Å². The third kappa shape index (κ3) is 55.5. The molecule has 2 atom stereocenters. The molecule has 0 spiro atoms. The molecule has 3 N–H and O–H groups in total. The lowest BCUT2D eigenvalue weighted by Gasteiger charge is -2.19.